The molecule has 0 aromatic rings. The molecule has 0 saturated heterocycles. The zero-order chi connectivity index (χ0) is 21.0. The van der Waals surface area contributed by atoms with Crippen molar-refractivity contribution in [2.24, 2.45) is 0 Å². The lowest BCUT2D eigenvalue weighted by Crippen LogP contribution is -2.34. The Bertz CT molecular complexity index is 393. The normalized spacial score (nSPS) is 10.5. The Labute approximate surface area is 175 Å². The average Bonchev–Trinajstić information content (AvgIpc) is 2.67. The first-order valence-corrected chi connectivity index (χ1v) is 11.5. The molecule has 0 unspecified atom stereocenters. The van der Waals surface area contributed by atoms with Crippen LogP contribution in [0.5, 0.6) is 0 Å². The van der Waals surface area contributed by atoms with E-state index in [0.29, 0.717) is 0 Å². The lowest BCUT2D eigenvalue weighted by atomic mass is 10.1. The monoisotopic (exact) mass is 392 g/mol. The van der Waals surface area contributed by atoms with Crippen molar-refractivity contribution in [3.8, 4) is 0 Å². The van der Waals surface area contributed by atoms with Gasteiger partial charge < -0.3 is 20.9 Å². The van der Waals surface area contributed by atoms with E-state index in [0.717, 1.165) is 50.5 Å². The molecule has 3 N–H and O–H groups in total. The minimum Gasteiger partial charge on any atom is -0.387 e. The van der Waals surface area contributed by atoms with Gasteiger partial charge in [0.15, 0.2) is 0 Å². The molecule has 0 atom stereocenters. The fourth-order valence-electron chi connectivity index (χ4n) is 3.06. The summed E-state index contributed by atoms with van der Waals surface area (Å²) in [6, 6.07) is 0. The van der Waals surface area contributed by atoms with Gasteiger partial charge in [-0.15, -0.1) is 0 Å². The molecule has 0 aromatic carbocycles. The Morgan fingerprint density at radius 2 is 1.18 bits per heavy atom. The van der Waals surface area contributed by atoms with Crippen molar-refractivity contribution >= 4 is 0 Å². The Hall–Kier alpha value is -1.42. The Balaban J connectivity index is 4.40. The van der Waals surface area contributed by atoms with Crippen LogP contribution in [-0.4, -0.2) is 44.7 Å². The van der Waals surface area contributed by atoms with Crippen LogP contribution in [0.3, 0.4) is 0 Å². The van der Waals surface area contributed by atoms with E-state index in [1.165, 1.54) is 63.5 Å². The van der Waals surface area contributed by atoms with Crippen molar-refractivity contribution in [2.75, 3.05) is 39.8 Å². The van der Waals surface area contributed by atoms with Gasteiger partial charge in [0.25, 0.3) is 0 Å². The maximum absolute atomic E-state index is 4.38. The zero-order valence-corrected chi connectivity index (χ0v) is 19.2. The van der Waals surface area contributed by atoms with Crippen LogP contribution >= 0.6 is 0 Å². The standard InChI is InChI=1S/C24H48N4/c1-7-9-18-26-22(3)20-28(21-23(4)27-19-10-8-2)24(5)16-14-12-11-13-15-17-25-6/h25-27H,3-5,7-21H2,1-2,6H3. The Kier molecular flexibility index (Phi) is 18.0. The predicted molar refractivity (Wildman–Crippen MR) is 126 cm³/mol. The molecule has 28 heavy (non-hydrogen) atoms. The summed E-state index contributed by atoms with van der Waals surface area (Å²) in [7, 11) is 2.02. The Morgan fingerprint density at radius 1 is 0.679 bits per heavy atom. The van der Waals surface area contributed by atoms with Crippen LogP contribution in [0.25, 0.3) is 0 Å². The number of hydrogen-bond donors (Lipinski definition) is 3. The second kappa shape index (κ2) is 18.9. The summed E-state index contributed by atoms with van der Waals surface area (Å²) in [6.45, 7) is 22.0. The molecule has 0 amide bonds. The van der Waals surface area contributed by atoms with E-state index in [9.17, 15) is 0 Å². The summed E-state index contributed by atoms with van der Waals surface area (Å²) in [5.41, 5.74) is 3.35. The largest absolute Gasteiger partial charge is 0.387 e. The molecular weight excluding hydrogens is 344 g/mol. The van der Waals surface area contributed by atoms with Gasteiger partial charge in [0.2, 0.25) is 0 Å². The van der Waals surface area contributed by atoms with Gasteiger partial charge in [0.05, 0.1) is 13.1 Å². The summed E-state index contributed by atoms with van der Waals surface area (Å²) in [5, 5.41) is 10.1. The molecule has 0 fully saturated rings. The van der Waals surface area contributed by atoms with E-state index >= 15 is 0 Å². The number of unbranched alkanes of at least 4 members (excludes halogenated alkanes) is 6. The molecule has 0 heterocycles. The zero-order valence-electron chi connectivity index (χ0n) is 19.2. The highest BCUT2D eigenvalue weighted by Crippen LogP contribution is 2.15. The SMILES string of the molecule is C=C(CN(CC(=C)NCCCC)C(=C)CCCCCCCNC)NCCCC. The molecule has 0 bridgehead atoms. The van der Waals surface area contributed by atoms with Crippen molar-refractivity contribution in [2.45, 2.75) is 78.1 Å². The lowest BCUT2D eigenvalue weighted by molar-refractivity contribution is 0.367. The highest BCUT2D eigenvalue weighted by molar-refractivity contribution is 5.07. The summed E-state index contributed by atoms with van der Waals surface area (Å²) in [4.78, 5) is 2.34. The van der Waals surface area contributed by atoms with Crippen molar-refractivity contribution in [3.05, 3.63) is 36.8 Å². The van der Waals surface area contributed by atoms with Gasteiger partial charge in [-0.25, -0.2) is 0 Å². The minimum absolute atomic E-state index is 0.805. The van der Waals surface area contributed by atoms with E-state index in [2.05, 4.69) is 54.4 Å². The van der Waals surface area contributed by atoms with Crippen molar-refractivity contribution in [1.29, 1.82) is 0 Å². The van der Waals surface area contributed by atoms with Crippen LogP contribution in [0, 0.1) is 0 Å². The predicted octanol–water partition coefficient (Wildman–Crippen LogP) is 5.17. The molecule has 0 aliphatic carbocycles. The number of hydrogen-bond acceptors (Lipinski definition) is 4. The van der Waals surface area contributed by atoms with E-state index in [1.807, 2.05) is 7.05 Å². The topological polar surface area (TPSA) is 39.3 Å². The van der Waals surface area contributed by atoms with Crippen molar-refractivity contribution < 1.29 is 0 Å². The van der Waals surface area contributed by atoms with Gasteiger partial charge in [0, 0.05) is 30.2 Å². The van der Waals surface area contributed by atoms with Gasteiger partial charge in [0.1, 0.15) is 0 Å². The van der Waals surface area contributed by atoms with Crippen molar-refractivity contribution in [3.63, 3.8) is 0 Å². The molecule has 4 heteroatoms. The summed E-state index contributed by atoms with van der Waals surface area (Å²) < 4.78 is 0. The van der Waals surface area contributed by atoms with Crippen LogP contribution in [0.2, 0.25) is 0 Å². The van der Waals surface area contributed by atoms with Crippen LogP contribution in [-0.2, 0) is 0 Å². The molecule has 164 valence electrons. The highest BCUT2D eigenvalue weighted by Gasteiger charge is 2.11. The van der Waals surface area contributed by atoms with E-state index in [4.69, 9.17) is 0 Å². The summed E-state index contributed by atoms with van der Waals surface area (Å²) in [5.74, 6) is 0. The smallest absolute Gasteiger partial charge is 0.0571 e. The molecule has 4 nitrogen and oxygen atoms in total. The quantitative estimate of drug-likeness (QED) is 0.236. The third kappa shape index (κ3) is 15.6. The lowest BCUT2D eigenvalue weighted by Gasteiger charge is -2.29. The maximum Gasteiger partial charge on any atom is 0.0571 e. The third-order valence-electron chi connectivity index (χ3n) is 4.91. The molecule has 0 saturated carbocycles. The van der Waals surface area contributed by atoms with Crippen LogP contribution < -0.4 is 16.0 Å². The van der Waals surface area contributed by atoms with Crippen LogP contribution in [0.4, 0.5) is 0 Å². The number of rotatable bonds is 21. The van der Waals surface area contributed by atoms with E-state index in [1.54, 1.807) is 0 Å². The van der Waals surface area contributed by atoms with Gasteiger partial charge in [-0.05, 0) is 45.7 Å². The first kappa shape index (κ1) is 26.6. The molecule has 0 radical (unpaired) electrons. The van der Waals surface area contributed by atoms with Gasteiger partial charge in [-0.3, -0.25) is 0 Å². The van der Waals surface area contributed by atoms with Gasteiger partial charge in [-0.1, -0.05) is 65.7 Å². The van der Waals surface area contributed by atoms with Crippen LogP contribution in [0.15, 0.2) is 36.8 Å². The van der Waals surface area contributed by atoms with Gasteiger partial charge >= 0.3 is 0 Å². The third-order valence-corrected chi connectivity index (χ3v) is 4.91. The first-order valence-electron chi connectivity index (χ1n) is 11.5. The number of nitrogens with one attached hydrogen (secondary N) is 3. The summed E-state index contributed by atoms with van der Waals surface area (Å²) >= 11 is 0. The second-order valence-electron chi connectivity index (χ2n) is 7.81. The first-order chi connectivity index (χ1) is 13.5. The molecule has 0 aliphatic rings. The number of nitrogens with zero attached hydrogens (tertiary/aromatic N) is 1. The average molecular weight is 393 g/mol. The minimum atomic E-state index is 0.805. The highest BCUT2D eigenvalue weighted by atomic mass is 15.2. The molecular formula is C24H48N4. The van der Waals surface area contributed by atoms with Crippen LogP contribution in [0.1, 0.15) is 78.1 Å². The fourth-order valence-corrected chi connectivity index (χ4v) is 3.06. The fraction of sp³-hybridized carbons (Fsp3) is 0.750. The maximum atomic E-state index is 4.38. The van der Waals surface area contributed by atoms with E-state index < -0.39 is 0 Å². The Morgan fingerprint density at radius 3 is 1.68 bits per heavy atom. The van der Waals surface area contributed by atoms with Crippen molar-refractivity contribution in [1.82, 2.24) is 20.9 Å². The molecule has 0 spiro atoms. The number of allylic oxidation sites excluding steroid dienone is 1. The molecule has 0 aliphatic heterocycles. The second-order valence-corrected chi connectivity index (χ2v) is 7.81. The molecule has 0 aromatic heterocycles. The van der Waals surface area contributed by atoms with Gasteiger partial charge in [-0.2, -0.15) is 0 Å². The molecule has 0 rings (SSSR count). The van der Waals surface area contributed by atoms with E-state index in [-0.39, 0.29) is 0 Å². The summed E-state index contributed by atoms with van der Waals surface area (Å²) in [6.07, 6.45) is 12.2.